The molecule has 1 aliphatic rings. The standard InChI is InChI=1S/C11H16N8S/c1-8-5-18(3-4-20-8)10-15-9(12-2)16-11(17-10)19-7-13-6-14-19/h6-8H,3-5H2,1-2H3,(H,12,15,16,17). The molecule has 0 bridgehead atoms. The van der Waals surface area contributed by atoms with Crippen LogP contribution in [0.1, 0.15) is 6.92 Å². The molecular formula is C11H16N8S. The van der Waals surface area contributed by atoms with Gasteiger partial charge in [-0.15, -0.1) is 0 Å². The van der Waals surface area contributed by atoms with E-state index in [1.165, 1.54) is 11.0 Å². The lowest BCUT2D eigenvalue weighted by Crippen LogP contribution is -2.38. The van der Waals surface area contributed by atoms with Crippen molar-refractivity contribution in [3.63, 3.8) is 0 Å². The van der Waals surface area contributed by atoms with Crippen LogP contribution >= 0.6 is 11.8 Å². The van der Waals surface area contributed by atoms with Crippen LogP contribution in [-0.4, -0.2) is 60.9 Å². The van der Waals surface area contributed by atoms with Crippen LogP contribution in [0.15, 0.2) is 12.7 Å². The lowest BCUT2D eigenvalue weighted by Gasteiger charge is -2.30. The highest BCUT2D eigenvalue weighted by Gasteiger charge is 2.20. The molecule has 1 atom stereocenters. The average molecular weight is 292 g/mol. The summed E-state index contributed by atoms with van der Waals surface area (Å²) in [6, 6.07) is 0. The third-order valence-corrected chi connectivity index (χ3v) is 4.12. The summed E-state index contributed by atoms with van der Waals surface area (Å²) in [5.41, 5.74) is 0. The lowest BCUT2D eigenvalue weighted by molar-refractivity contribution is 0.730. The quantitative estimate of drug-likeness (QED) is 0.872. The Morgan fingerprint density at radius 2 is 2.15 bits per heavy atom. The Morgan fingerprint density at radius 3 is 2.85 bits per heavy atom. The Balaban J connectivity index is 1.96. The van der Waals surface area contributed by atoms with E-state index in [9.17, 15) is 0 Å². The molecule has 0 radical (unpaired) electrons. The van der Waals surface area contributed by atoms with Crippen molar-refractivity contribution in [3.8, 4) is 5.95 Å². The summed E-state index contributed by atoms with van der Waals surface area (Å²) in [7, 11) is 1.79. The Bertz CT molecular complexity index is 572. The van der Waals surface area contributed by atoms with Crippen molar-refractivity contribution in [1.29, 1.82) is 0 Å². The summed E-state index contributed by atoms with van der Waals surface area (Å²) >= 11 is 1.97. The second-order valence-corrected chi connectivity index (χ2v) is 6.02. The maximum Gasteiger partial charge on any atom is 0.258 e. The molecule has 1 aliphatic heterocycles. The van der Waals surface area contributed by atoms with E-state index < -0.39 is 0 Å². The van der Waals surface area contributed by atoms with E-state index in [-0.39, 0.29) is 0 Å². The molecule has 3 rings (SSSR count). The zero-order valence-corrected chi connectivity index (χ0v) is 12.2. The van der Waals surface area contributed by atoms with Gasteiger partial charge in [0.2, 0.25) is 11.9 Å². The number of thioether (sulfide) groups is 1. The number of nitrogens with zero attached hydrogens (tertiary/aromatic N) is 7. The zero-order chi connectivity index (χ0) is 13.9. The third-order valence-electron chi connectivity index (χ3n) is 2.98. The maximum atomic E-state index is 4.50. The van der Waals surface area contributed by atoms with E-state index in [0.717, 1.165) is 18.8 Å². The molecule has 1 saturated heterocycles. The zero-order valence-electron chi connectivity index (χ0n) is 11.4. The summed E-state index contributed by atoms with van der Waals surface area (Å²) in [4.78, 5) is 19.3. The van der Waals surface area contributed by atoms with Gasteiger partial charge in [0, 0.05) is 31.1 Å². The van der Waals surface area contributed by atoms with E-state index in [0.29, 0.717) is 23.1 Å². The van der Waals surface area contributed by atoms with Crippen LogP contribution in [0.3, 0.4) is 0 Å². The molecular weight excluding hydrogens is 276 g/mol. The van der Waals surface area contributed by atoms with Crippen molar-refractivity contribution in [3.05, 3.63) is 12.7 Å². The summed E-state index contributed by atoms with van der Waals surface area (Å²) < 4.78 is 1.54. The van der Waals surface area contributed by atoms with Crippen molar-refractivity contribution in [1.82, 2.24) is 29.7 Å². The Labute approximate surface area is 121 Å². The number of hydrogen-bond acceptors (Lipinski definition) is 8. The van der Waals surface area contributed by atoms with Crippen molar-refractivity contribution in [2.75, 3.05) is 36.1 Å². The number of rotatable bonds is 3. The number of aromatic nitrogens is 6. The van der Waals surface area contributed by atoms with Crippen molar-refractivity contribution < 1.29 is 0 Å². The maximum absolute atomic E-state index is 4.50. The molecule has 9 heteroatoms. The van der Waals surface area contributed by atoms with Crippen LogP contribution in [0.25, 0.3) is 5.95 Å². The van der Waals surface area contributed by atoms with Gasteiger partial charge in [-0.3, -0.25) is 0 Å². The summed E-state index contributed by atoms with van der Waals surface area (Å²) in [6.07, 6.45) is 3.04. The van der Waals surface area contributed by atoms with Gasteiger partial charge >= 0.3 is 0 Å². The minimum atomic E-state index is 0.475. The van der Waals surface area contributed by atoms with Gasteiger partial charge in [-0.2, -0.15) is 36.5 Å². The Kier molecular flexibility index (Phi) is 3.68. The van der Waals surface area contributed by atoms with E-state index in [4.69, 9.17) is 0 Å². The summed E-state index contributed by atoms with van der Waals surface area (Å²) in [6.45, 7) is 4.10. The largest absolute Gasteiger partial charge is 0.357 e. The van der Waals surface area contributed by atoms with Crippen LogP contribution in [0.4, 0.5) is 11.9 Å². The molecule has 106 valence electrons. The second-order valence-electron chi connectivity index (χ2n) is 4.48. The van der Waals surface area contributed by atoms with Crippen LogP contribution in [-0.2, 0) is 0 Å². The van der Waals surface area contributed by atoms with Gasteiger partial charge in [-0.05, 0) is 0 Å². The first kappa shape index (κ1) is 13.1. The average Bonchev–Trinajstić information content (AvgIpc) is 3.01. The minimum absolute atomic E-state index is 0.475. The van der Waals surface area contributed by atoms with Gasteiger partial charge in [0.1, 0.15) is 12.7 Å². The fraction of sp³-hybridized carbons (Fsp3) is 0.545. The first-order valence-electron chi connectivity index (χ1n) is 6.41. The van der Waals surface area contributed by atoms with E-state index in [1.807, 2.05) is 11.8 Å². The molecule has 0 aliphatic carbocycles. The van der Waals surface area contributed by atoms with Gasteiger partial charge in [0.05, 0.1) is 0 Å². The number of nitrogens with one attached hydrogen (secondary N) is 1. The van der Waals surface area contributed by atoms with Gasteiger partial charge in [0.15, 0.2) is 0 Å². The molecule has 8 nitrogen and oxygen atoms in total. The van der Waals surface area contributed by atoms with Gasteiger partial charge < -0.3 is 10.2 Å². The van der Waals surface area contributed by atoms with Crippen LogP contribution in [0.2, 0.25) is 0 Å². The smallest absolute Gasteiger partial charge is 0.258 e. The summed E-state index contributed by atoms with van der Waals surface area (Å²) in [5.74, 6) is 2.77. The van der Waals surface area contributed by atoms with E-state index in [1.54, 1.807) is 13.4 Å². The van der Waals surface area contributed by atoms with Crippen molar-refractivity contribution in [2.24, 2.45) is 0 Å². The Hall–Kier alpha value is -1.90. The highest BCUT2D eigenvalue weighted by atomic mass is 32.2. The molecule has 0 aromatic carbocycles. The molecule has 1 N–H and O–H groups in total. The predicted octanol–water partition coefficient (Wildman–Crippen LogP) is 0.436. The minimum Gasteiger partial charge on any atom is -0.357 e. The monoisotopic (exact) mass is 292 g/mol. The van der Waals surface area contributed by atoms with E-state index >= 15 is 0 Å². The highest BCUT2D eigenvalue weighted by Crippen LogP contribution is 2.22. The molecule has 1 unspecified atom stereocenters. The molecule has 2 aromatic heterocycles. The van der Waals surface area contributed by atoms with Gasteiger partial charge in [-0.1, -0.05) is 6.92 Å². The normalized spacial score (nSPS) is 19.1. The Morgan fingerprint density at radius 1 is 1.30 bits per heavy atom. The van der Waals surface area contributed by atoms with Crippen LogP contribution < -0.4 is 10.2 Å². The van der Waals surface area contributed by atoms with Crippen LogP contribution in [0, 0.1) is 0 Å². The van der Waals surface area contributed by atoms with Crippen molar-refractivity contribution >= 4 is 23.7 Å². The van der Waals surface area contributed by atoms with Gasteiger partial charge in [0.25, 0.3) is 5.95 Å². The molecule has 0 amide bonds. The first-order chi connectivity index (χ1) is 9.76. The summed E-state index contributed by atoms with van der Waals surface area (Å²) in [5, 5.41) is 7.61. The molecule has 2 aromatic rings. The lowest BCUT2D eigenvalue weighted by atomic mass is 10.4. The SMILES string of the molecule is CNc1nc(N2CCSC(C)C2)nc(-n2cncn2)n1. The molecule has 1 fully saturated rings. The molecule has 20 heavy (non-hydrogen) atoms. The molecule has 3 heterocycles. The fourth-order valence-electron chi connectivity index (χ4n) is 2.02. The van der Waals surface area contributed by atoms with Crippen LogP contribution in [0.5, 0.6) is 0 Å². The second kappa shape index (κ2) is 5.61. The van der Waals surface area contributed by atoms with Crippen molar-refractivity contribution in [2.45, 2.75) is 12.2 Å². The molecule has 0 saturated carbocycles. The molecule has 0 spiro atoms. The topological polar surface area (TPSA) is 84.7 Å². The highest BCUT2D eigenvalue weighted by molar-refractivity contribution is 8.00. The van der Waals surface area contributed by atoms with E-state index in [2.05, 4.69) is 42.2 Å². The van der Waals surface area contributed by atoms with Gasteiger partial charge in [-0.25, -0.2) is 4.98 Å². The predicted molar refractivity (Wildman–Crippen MR) is 78.4 cm³/mol. The number of hydrogen-bond donors (Lipinski definition) is 1. The number of anilines is 2. The first-order valence-corrected chi connectivity index (χ1v) is 7.46. The fourth-order valence-corrected chi connectivity index (χ4v) is 3.03. The third kappa shape index (κ3) is 2.67.